The van der Waals surface area contributed by atoms with Crippen molar-refractivity contribution in [3.8, 4) is 0 Å². The van der Waals surface area contributed by atoms with Crippen molar-refractivity contribution in [2.45, 2.75) is 22.7 Å². The van der Waals surface area contributed by atoms with Gasteiger partial charge in [-0.05, 0) is 13.3 Å². The second-order valence-corrected chi connectivity index (χ2v) is 8.05. The molecule has 0 spiro atoms. The molecule has 2 heterocycles. The zero-order valence-electron chi connectivity index (χ0n) is 10.0. The van der Waals surface area contributed by atoms with Crippen LogP contribution < -0.4 is 0 Å². The van der Waals surface area contributed by atoms with Gasteiger partial charge >= 0.3 is 3.36 Å². The largest absolute Gasteiger partial charge is 0.382 e. The molecule has 2 aliphatic heterocycles. The number of halogens is 2. The first kappa shape index (κ1) is 14.2. The van der Waals surface area contributed by atoms with Crippen molar-refractivity contribution in [3.63, 3.8) is 0 Å². The van der Waals surface area contributed by atoms with Crippen molar-refractivity contribution in [2.75, 3.05) is 26.3 Å². The summed E-state index contributed by atoms with van der Waals surface area (Å²) >= 11 is 6.21. The van der Waals surface area contributed by atoms with Gasteiger partial charge in [-0.15, -0.1) is 0 Å². The quantitative estimate of drug-likeness (QED) is 0.321. The Bertz CT molecular complexity index is 369. The molecule has 2 rings (SSSR count). The van der Waals surface area contributed by atoms with Crippen LogP contribution in [0, 0.1) is 16.0 Å². The fraction of sp³-hybridized carbons (Fsp3) is 0.900. The van der Waals surface area contributed by atoms with Gasteiger partial charge in [-0.25, -0.2) is 0 Å². The number of hydrogen-bond donors (Lipinski definition) is 0. The number of nitrogens with zero attached hydrogens (tertiary/aromatic N) is 3. The third kappa shape index (κ3) is 2.70. The van der Waals surface area contributed by atoms with Crippen molar-refractivity contribution in [3.05, 3.63) is 10.1 Å². The molecule has 6 nitrogen and oxygen atoms in total. The normalized spacial score (nSPS) is 28.6. The van der Waals surface area contributed by atoms with Crippen LogP contribution in [-0.2, 0) is 4.74 Å². The van der Waals surface area contributed by atoms with Crippen molar-refractivity contribution in [2.24, 2.45) is 10.9 Å². The van der Waals surface area contributed by atoms with Gasteiger partial charge in [0.05, 0.1) is 18.1 Å². The highest BCUT2D eigenvalue weighted by molar-refractivity contribution is 9.25. The summed E-state index contributed by atoms with van der Waals surface area (Å²) < 4.78 is 3.87. The van der Waals surface area contributed by atoms with Crippen LogP contribution in [0.4, 0.5) is 0 Å². The summed E-state index contributed by atoms with van der Waals surface area (Å²) in [5, 5.41) is 11.1. The van der Waals surface area contributed by atoms with Gasteiger partial charge in [-0.2, -0.15) is 0 Å². The first-order valence-corrected chi connectivity index (χ1v) is 7.43. The molecular formula is C10H15Br2N3O3. The van der Waals surface area contributed by atoms with Crippen molar-refractivity contribution >= 4 is 37.7 Å². The molecule has 1 fully saturated rings. The van der Waals surface area contributed by atoms with Crippen molar-refractivity contribution in [1.82, 2.24) is 4.90 Å². The Morgan fingerprint density at radius 3 is 2.94 bits per heavy atom. The molecule has 2 unspecified atom stereocenters. The summed E-state index contributed by atoms with van der Waals surface area (Å²) in [6.07, 6.45) is 1.01. The Morgan fingerprint density at radius 2 is 2.39 bits per heavy atom. The van der Waals surface area contributed by atoms with Crippen molar-refractivity contribution in [1.29, 1.82) is 0 Å². The van der Waals surface area contributed by atoms with E-state index in [1.54, 1.807) is 0 Å². The summed E-state index contributed by atoms with van der Waals surface area (Å²) in [6.45, 7) is 4.89. The standard InChI is InChI=1S/C10H15Br2N3O3/c1-7-4-13-9(10(11,12)15(16)17)14(7)5-8-2-3-18-6-8/h7-8H,2-6H2,1H3. The molecule has 18 heavy (non-hydrogen) atoms. The smallest absolute Gasteiger partial charge is 0.381 e. The van der Waals surface area contributed by atoms with Gasteiger partial charge in [0.2, 0.25) is 5.84 Å². The number of nitro groups is 1. The van der Waals surface area contributed by atoms with E-state index >= 15 is 0 Å². The van der Waals surface area contributed by atoms with E-state index in [1.165, 1.54) is 0 Å². The molecule has 0 aromatic rings. The van der Waals surface area contributed by atoms with E-state index in [9.17, 15) is 10.1 Å². The zero-order valence-corrected chi connectivity index (χ0v) is 13.2. The van der Waals surface area contributed by atoms with Crippen LogP contribution in [0.1, 0.15) is 13.3 Å². The highest BCUT2D eigenvalue weighted by Crippen LogP contribution is 2.34. The van der Waals surface area contributed by atoms with Gasteiger partial charge in [0.1, 0.15) is 0 Å². The lowest BCUT2D eigenvalue weighted by Gasteiger charge is -2.29. The molecule has 102 valence electrons. The minimum atomic E-state index is -1.48. The van der Waals surface area contributed by atoms with Crippen LogP contribution in [0.3, 0.4) is 0 Å². The van der Waals surface area contributed by atoms with Crippen LogP contribution >= 0.6 is 31.9 Å². The molecule has 2 atom stereocenters. The van der Waals surface area contributed by atoms with Gasteiger partial charge in [-0.1, -0.05) is 0 Å². The number of amidine groups is 1. The fourth-order valence-corrected chi connectivity index (χ4v) is 2.94. The molecule has 0 saturated carbocycles. The van der Waals surface area contributed by atoms with E-state index < -0.39 is 8.28 Å². The fourth-order valence-electron chi connectivity index (χ4n) is 2.24. The van der Waals surface area contributed by atoms with E-state index in [4.69, 9.17) is 4.74 Å². The monoisotopic (exact) mass is 383 g/mol. The van der Waals surface area contributed by atoms with Crippen LogP contribution in [0.15, 0.2) is 4.99 Å². The maximum atomic E-state index is 11.1. The number of rotatable bonds is 4. The maximum absolute atomic E-state index is 11.1. The minimum Gasteiger partial charge on any atom is -0.381 e. The van der Waals surface area contributed by atoms with Gasteiger partial charge < -0.3 is 9.64 Å². The Hall–Kier alpha value is -0.210. The Balaban J connectivity index is 2.11. The zero-order chi connectivity index (χ0) is 13.3. The highest BCUT2D eigenvalue weighted by Gasteiger charge is 2.49. The van der Waals surface area contributed by atoms with E-state index in [0.717, 1.165) is 26.2 Å². The summed E-state index contributed by atoms with van der Waals surface area (Å²) in [6, 6.07) is 0.190. The topological polar surface area (TPSA) is 68.0 Å². The predicted octanol–water partition coefficient (Wildman–Crippen LogP) is 1.85. The van der Waals surface area contributed by atoms with E-state index in [-0.39, 0.29) is 6.04 Å². The van der Waals surface area contributed by atoms with Gasteiger partial charge in [0.25, 0.3) is 0 Å². The molecule has 0 aliphatic carbocycles. The molecule has 0 N–H and O–H groups in total. The second kappa shape index (κ2) is 5.42. The Kier molecular flexibility index (Phi) is 4.28. The van der Waals surface area contributed by atoms with E-state index in [2.05, 4.69) is 36.9 Å². The van der Waals surface area contributed by atoms with Gasteiger partial charge in [-0.3, -0.25) is 15.1 Å². The summed E-state index contributed by atoms with van der Waals surface area (Å²) in [5.74, 6) is 0.880. The first-order chi connectivity index (χ1) is 8.43. The first-order valence-electron chi connectivity index (χ1n) is 5.84. The van der Waals surface area contributed by atoms with E-state index in [1.807, 2.05) is 11.8 Å². The van der Waals surface area contributed by atoms with E-state index in [0.29, 0.717) is 18.3 Å². The summed E-state index contributed by atoms with van der Waals surface area (Å²) in [5.41, 5.74) is 0. The molecule has 2 aliphatic rings. The van der Waals surface area contributed by atoms with Crippen LogP contribution in [0.2, 0.25) is 0 Å². The molecule has 0 amide bonds. The lowest BCUT2D eigenvalue weighted by molar-refractivity contribution is -0.486. The molecule has 0 aromatic carbocycles. The number of hydrogen-bond acceptors (Lipinski definition) is 5. The predicted molar refractivity (Wildman–Crippen MR) is 75.0 cm³/mol. The Labute approximate surface area is 122 Å². The lowest BCUT2D eigenvalue weighted by Crippen LogP contribution is -2.48. The van der Waals surface area contributed by atoms with Gasteiger partial charge in [0.15, 0.2) is 0 Å². The van der Waals surface area contributed by atoms with Crippen LogP contribution in [0.25, 0.3) is 0 Å². The molecule has 0 radical (unpaired) electrons. The maximum Gasteiger partial charge on any atom is 0.382 e. The molecule has 0 bridgehead atoms. The highest BCUT2D eigenvalue weighted by atomic mass is 79.9. The average Bonchev–Trinajstić information content (AvgIpc) is 2.90. The molecule has 1 saturated heterocycles. The number of ether oxygens (including phenoxy) is 1. The lowest BCUT2D eigenvalue weighted by atomic mass is 10.1. The molecule has 8 heteroatoms. The molecule has 0 aromatic heterocycles. The minimum absolute atomic E-state index is 0.190. The summed E-state index contributed by atoms with van der Waals surface area (Å²) in [4.78, 5) is 17.0. The van der Waals surface area contributed by atoms with Crippen LogP contribution in [0.5, 0.6) is 0 Å². The second-order valence-electron chi connectivity index (χ2n) is 4.69. The van der Waals surface area contributed by atoms with Gasteiger partial charge in [0, 0.05) is 57.0 Å². The molecular weight excluding hydrogens is 370 g/mol. The SMILES string of the molecule is CC1CN=C(C(Br)(Br)[N+](=O)[O-])N1CC1CCOC1. The van der Waals surface area contributed by atoms with Crippen LogP contribution in [-0.4, -0.2) is 51.4 Å². The Morgan fingerprint density at radius 1 is 1.67 bits per heavy atom. The van der Waals surface area contributed by atoms with Crippen molar-refractivity contribution < 1.29 is 9.66 Å². The third-order valence-corrected chi connectivity index (χ3v) is 4.58. The third-order valence-electron chi connectivity index (χ3n) is 3.29. The number of alkyl halides is 2. The summed E-state index contributed by atoms with van der Waals surface area (Å²) in [7, 11) is 0. The average molecular weight is 385 g/mol. The number of aliphatic imine (C=N–C) groups is 1.